The number of H-pyrrole nitrogens is 1. The number of benzene rings is 1. The van der Waals surface area contributed by atoms with Crippen LogP contribution in [-0.2, 0) is 12.8 Å². The zero-order valence-corrected chi connectivity index (χ0v) is 17.5. The largest absolute Gasteiger partial charge is 0.282 e. The van der Waals surface area contributed by atoms with E-state index in [9.17, 15) is 0 Å². The van der Waals surface area contributed by atoms with Gasteiger partial charge in [-0.25, -0.2) is 4.98 Å². The molecule has 3 aromatic rings. The third-order valence-corrected chi connectivity index (χ3v) is 5.58. The van der Waals surface area contributed by atoms with Crippen molar-refractivity contribution in [3.63, 3.8) is 0 Å². The van der Waals surface area contributed by atoms with Crippen molar-refractivity contribution in [3.05, 3.63) is 101 Å². The summed E-state index contributed by atoms with van der Waals surface area (Å²) < 4.78 is 0. The molecule has 150 valence electrons. The van der Waals surface area contributed by atoms with Gasteiger partial charge in [-0.3, -0.25) is 5.10 Å². The molecule has 3 heteroatoms. The third kappa shape index (κ3) is 4.11. The number of allylic oxidation sites excluding steroid dienone is 4. The van der Waals surface area contributed by atoms with Crippen LogP contribution in [0.3, 0.4) is 0 Å². The lowest BCUT2D eigenvalue weighted by atomic mass is 9.99. The molecule has 0 saturated carbocycles. The number of nitrogens with zero attached hydrogens (tertiary/aromatic N) is 2. The normalized spacial score (nSPS) is 13.2. The first-order valence-corrected chi connectivity index (χ1v) is 10.4. The summed E-state index contributed by atoms with van der Waals surface area (Å²) in [6.07, 6.45) is 16.0. The number of aromatic amines is 1. The van der Waals surface area contributed by atoms with E-state index in [1.54, 1.807) is 6.08 Å². The number of aromatic nitrogens is 3. The van der Waals surface area contributed by atoms with Gasteiger partial charge in [0.2, 0.25) is 0 Å². The van der Waals surface area contributed by atoms with Gasteiger partial charge in [0, 0.05) is 16.8 Å². The number of hydrogen-bond donors (Lipinski definition) is 1. The van der Waals surface area contributed by atoms with Gasteiger partial charge in [0.05, 0.1) is 17.2 Å². The lowest BCUT2D eigenvalue weighted by Gasteiger charge is -2.09. The van der Waals surface area contributed by atoms with Crippen LogP contribution in [0.1, 0.15) is 35.2 Å². The smallest absolute Gasteiger partial charge is 0.0738 e. The van der Waals surface area contributed by atoms with Crippen molar-refractivity contribution < 1.29 is 0 Å². The summed E-state index contributed by atoms with van der Waals surface area (Å²) in [5.41, 5.74) is 8.00. The van der Waals surface area contributed by atoms with Crippen LogP contribution in [0.15, 0.2) is 67.9 Å². The number of hydrogen-bond acceptors (Lipinski definition) is 2. The Morgan fingerprint density at radius 3 is 2.67 bits per heavy atom. The van der Waals surface area contributed by atoms with Crippen LogP contribution in [-0.4, -0.2) is 15.2 Å². The molecule has 1 aromatic carbocycles. The van der Waals surface area contributed by atoms with Crippen molar-refractivity contribution >= 4 is 17.7 Å². The number of rotatable bonds is 7. The van der Waals surface area contributed by atoms with Gasteiger partial charge in [-0.1, -0.05) is 67.8 Å². The first-order valence-electron chi connectivity index (χ1n) is 10.4. The van der Waals surface area contributed by atoms with E-state index in [1.807, 2.05) is 18.3 Å². The van der Waals surface area contributed by atoms with E-state index in [-0.39, 0.29) is 0 Å². The summed E-state index contributed by atoms with van der Waals surface area (Å²) in [4.78, 5) is 4.93. The summed E-state index contributed by atoms with van der Waals surface area (Å²) in [5, 5.41) is 9.73. The van der Waals surface area contributed by atoms with Gasteiger partial charge in [0.1, 0.15) is 0 Å². The Balaban J connectivity index is 1.52. The molecule has 2 aromatic heterocycles. The molecule has 0 saturated heterocycles. The fraction of sp³-hybridized carbons (Fsp3) is 0.185. The molecular weight excluding hydrogens is 366 g/mol. The Bertz CT molecular complexity index is 1220. The molecule has 0 radical (unpaired) electrons. The molecule has 3 nitrogen and oxygen atoms in total. The first kappa shape index (κ1) is 19.8. The Morgan fingerprint density at radius 1 is 1.10 bits per heavy atom. The molecule has 30 heavy (non-hydrogen) atoms. The minimum Gasteiger partial charge on any atom is -0.282 e. The molecule has 0 spiro atoms. The van der Waals surface area contributed by atoms with E-state index in [0.29, 0.717) is 0 Å². The zero-order chi connectivity index (χ0) is 20.9. The van der Waals surface area contributed by atoms with Crippen molar-refractivity contribution in [2.24, 2.45) is 0 Å². The van der Waals surface area contributed by atoms with Crippen LogP contribution in [0.2, 0.25) is 0 Å². The first-order chi connectivity index (χ1) is 14.7. The van der Waals surface area contributed by atoms with Gasteiger partial charge in [0.25, 0.3) is 0 Å². The van der Waals surface area contributed by atoms with E-state index >= 15 is 0 Å². The number of nitrogens with one attached hydrogen (secondary N) is 1. The highest BCUT2D eigenvalue weighted by molar-refractivity contribution is 5.75. The second kappa shape index (κ2) is 8.91. The molecule has 1 aliphatic rings. The average Bonchev–Trinajstić information content (AvgIpc) is 3.24. The van der Waals surface area contributed by atoms with Crippen molar-refractivity contribution in [2.75, 3.05) is 0 Å². The van der Waals surface area contributed by atoms with E-state index in [1.165, 1.54) is 21.9 Å². The third-order valence-electron chi connectivity index (χ3n) is 5.58. The molecule has 4 rings (SSSR count). The average molecular weight is 394 g/mol. The summed E-state index contributed by atoms with van der Waals surface area (Å²) >= 11 is 0. The Hall–Kier alpha value is -3.46. The molecule has 0 fully saturated rings. The summed E-state index contributed by atoms with van der Waals surface area (Å²) in [5.74, 6) is 0. The lowest BCUT2D eigenvalue weighted by molar-refractivity contribution is 0.891. The van der Waals surface area contributed by atoms with Crippen LogP contribution in [0.25, 0.3) is 29.0 Å². The molecule has 1 aliphatic carbocycles. The Kier molecular flexibility index (Phi) is 5.89. The highest BCUT2D eigenvalue weighted by Crippen LogP contribution is 2.22. The predicted octanol–water partition coefficient (Wildman–Crippen LogP) is 4.68. The minimum absolute atomic E-state index is 0.887. The highest BCUT2D eigenvalue weighted by Gasteiger charge is 2.09. The standard InChI is InChI=1S/C27H27N3/c1-4-8-21(5-2)24-18-28-30-26(24)16-13-20-11-14-22(15-12-20)27-19(3)17-23-9-6-7-10-25(23)29-27/h4-5,8-12,14-15,17-18H,1-2,6-7,13,16H2,3H3,(H,28,30)/b21-8+. The fourth-order valence-electron chi connectivity index (χ4n) is 3.97. The second-order valence-electron chi connectivity index (χ2n) is 7.63. The van der Waals surface area contributed by atoms with E-state index in [2.05, 4.69) is 72.8 Å². The number of fused-ring (bicyclic) bond motifs is 1. The van der Waals surface area contributed by atoms with Crippen molar-refractivity contribution in [2.45, 2.75) is 32.6 Å². The molecule has 0 bridgehead atoms. The Labute approximate surface area is 177 Å². The maximum Gasteiger partial charge on any atom is 0.0738 e. The predicted molar refractivity (Wildman–Crippen MR) is 126 cm³/mol. The van der Waals surface area contributed by atoms with Crippen LogP contribution in [0.4, 0.5) is 0 Å². The van der Waals surface area contributed by atoms with Crippen molar-refractivity contribution in [1.29, 1.82) is 0 Å². The maximum absolute atomic E-state index is 4.93. The van der Waals surface area contributed by atoms with Crippen molar-refractivity contribution in [3.8, 4) is 11.3 Å². The van der Waals surface area contributed by atoms with E-state index in [4.69, 9.17) is 4.98 Å². The van der Waals surface area contributed by atoms with E-state index in [0.717, 1.165) is 53.6 Å². The molecule has 0 atom stereocenters. The van der Waals surface area contributed by atoms with Gasteiger partial charge in [-0.05, 0) is 60.6 Å². The molecule has 0 unspecified atom stereocenters. The van der Waals surface area contributed by atoms with Crippen molar-refractivity contribution in [1.82, 2.24) is 15.2 Å². The number of aryl methyl sites for hydroxylation is 3. The molecule has 0 aliphatic heterocycles. The van der Waals surface area contributed by atoms with Gasteiger partial charge in [-0.15, -0.1) is 0 Å². The van der Waals surface area contributed by atoms with Crippen LogP contribution in [0.5, 0.6) is 0 Å². The minimum atomic E-state index is 0.887. The van der Waals surface area contributed by atoms with Crippen LogP contribution >= 0.6 is 0 Å². The van der Waals surface area contributed by atoms with Gasteiger partial charge >= 0.3 is 0 Å². The summed E-state index contributed by atoms with van der Waals surface area (Å²) in [6, 6.07) is 11.0. The van der Waals surface area contributed by atoms with Gasteiger partial charge in [0.15, 0.2) is 0 Å². The SMILES string of the molecule is C=C/C=C(\C=C)c1cn[nH]c1CCc1ccc(-c2nc3c(cc2C)=CCCC=3)cc1. The van der Waals surface area contributed by atoms with Gasteiger partial charge < -0.3 is 0 Å². The Morgan fingerprint density at radius 2 is 1.90 bits per heavy atom. The summed E-state index contributed by atoms with van der Waals surface area (Å²) in [6.45, 7) is 9.83. The molecule has 1 N–H and O–H groups in total. The molecular formula is C27H27N3. The number of pyridine rings is 1. The topological polar surface area (TPSA) is 41.6 Å². The maximum atomic E-state index is 4.93. The summed E-state index contributed by atoms with van der Waals surface area (Å²) in [7, 11) is 0. The van der Waals surface area contributed by atoms with E-state index < -0.39 is 0 Å². The van der Waals surface area contributed by atoms with Gasteiger partial charge in [-0.2, -0.15) is 5.10 Å². The van der Waals surface area contributed by atoms with Crippen LogP contribution < -0.4 is 10.6 Å². The quantitative estimate of drug-likeness (QED) is 0.593. The fourth-order valence-corrected chi connectivity index (χ4v) is 3.97. The monoisotopic (exact) mass is 393 g/mol. The van der Waals surface area contributed by atoms with Crippen LogP contribution in [0, 0.1) is 6.92 Å². The zero-order valence-electron chi connectivity index (χ0n) is 17.5. The lowest BCUT2D eigenvalue weighted by Crippen LogP contribution is -2.30. The second-order valence-corrected chi connectivity index (χ2v) is 7.63. The highest BCUT2D eigenvalue weighted by atomic mass is 15.1. The molecule has 0 amide bonds. The molecule has 2 heterocycles.